The summed E-state index contributed by atoms with van der Waals surface area (Å²) in [6, 6.07) is 7.53. The Kier molecular flexibility index (Phi) is 12.4. The molecule has 0 fully saturated rings. The molecule has 1 aromatic rings. The van der Waals surface area contributed by atoms with E-state index in [0.717, 1.165) is 24.9 Å². The highest BCUT2D eigenvalue weighted by molar-refractivity contribution is 14.0. The van der Waals surface area contributed by atoms with E-state index in [1.165, 1.54) is 4.90 Å². The highest BCUT2D eigenvalue weighted by Gasteiger charge is 2.06. The number of aliphatic imine (C=N–C) groups is 1. The Balaban J connectivity index is 0.00000625. The third kappa shape index (κ3) is 9.02. The van der Waals surface area contributed by atoms with Gasteiger partial charge in [0.1, 0.15) is 6.54 Å². The minimum Gasteiger partial charge on any atom is -0.356 e. The van der Waals surface area contributed by atoms with Crippen LogP contribution in [0.1, 0.15) is 29.3 Å². The molecule has 0 spiro atoms. The Morgan fingerprint density at radius 1 is 1.15 bits per heavy atom. The zero-order chi connectivity index (χ0) is 18.7. The van der Waals surface area contributed by atoms with Crippen molar-refractivity contribution in [2.45, 2.75) is 19.8 Å². The number of hydrogen-bond donors (Lipinski definition) is 3. The molecule has 0 saturated heterocycles. The summed E-state index contributed by atoms with van der Waals surface area (Å²) in [5.74, 6) is 0.485. The molecule has 0 aliphatic rings. The fourth-order valence-electron chi connectivity index (χ4n) is 2.04. The van der Waals surface area contributed by atoms with Gasteiger partial charge in [-0.25, -0.2) is 4.99 Å². The van der Waals surface area contributed by atoms with E-state index in [0.29, 0.717) is 18.1 Å². The lowest BCUT2D eigenvalue weighted by Crippen LogP contribution is -2.39. The lowest BCUT2D eigenvalue weighted by Gasteiger charge is -2.13. The van der Waals surface area contributed by atoms with Crippen molar-refractivity contribution in [2.75, 3.05) is 40.8 Å². The number of likely N-dealkylation sites (N-methyl/N-ethyl adjacent to an activating group) is 1. The molecule has 8 heteroatoms. The second-order valence-electron chi connectivity index (χ2n) is 5.84. The van der Waals surface area contributed by atoms with Crippen LogP contribution in [0.15, 0.2) is 29.3 Å². The molecular weight excluding hydrogens is 445 g/mol. The van der Waals surface area contributed by atoms with Gasteiger partial charge in [0.05, 0.1) is 0 Å². The maximum absolute atomic E-state index is 11.7. The molecule has 0 heterocycles. The average molecular weight is 475 g/mol. The minimum absolute atomic E-state index is 0. The van der Waals surface area contributed by atoms with E-state index >= 15 is 0 Å². The summed E-state index contributed by atoms with van der Waals surface area (Å²) in [4.78, 5) is 29.2. The van der Waals surface area contributed by atoms with E-state index in [1.54, 1.807) is 27.2 Å². The lowest BCUT2D eigenvalue weighted by molar-refractivity contribution is -0.127. The summed E-state index contributed by atoms with van der Waals surface area (Å²) >= 11 is 0. The molecule has 26 heavy (non-hydrogen) atoms. The van der Waals surface area contributed by atoms with Crippen LogP contribution in [0.5, 0.6) is 0 Å². The Hall–Kier alpha value is -1.84. The quantitative estimate of drug-likeness (QED) is 0.300. The van der Waals surface area contributed by atoms with Gasteiger partial charge in [-0.15, -0.1) is 24.0 Å². The van der Waals surface area contributed by atoms with Crippen LogP contribution < -0.4 is 16.0 Å². The van der Waals surface area contributed by atoms with Crippen LogP contribution in [-0.4, -0.2) is 63.5 Å². The van der Waals surface area contributed by atoms with E-state index in [1.807, 2.05) is 18.2 Å². The van der Waals surface area contributed by atoms with Crippen LogP contribution >= 0.6 is 24.0 Å². The summed E-state index contributed by atoms with van der Waals surface area (Å²) in [7, 11) is 5.04. The topological polar surface area (TPSA) is 85.8 Å². The smallest absolute Gasteiger partial charge is 0.251 e. The van der Waals surface area contributed by atoms with Gasteiger partial charge in [0.2, 0.25) is 5.91 Å². The summed E-state index contributed by atoms with van der Waals surface area (Å²) in [6.45, 7) is 3.62. The summed E-state index contributed by atoms with van der Waals surface area (Å²) in [5.41, 5.74) is 1.71. The van der Waals surface area contributed by atoms with Crippen LogP contribution in [0.4, 0.5) is 0 Å². The highest BCUT2D eigenvalue weighted by atomic mass is 127. The minimum atomic E-state index is -0.0936. The fourth-order valence-corrected chi connectivity index (χ4v) is 2.04. The first-order valence-electron chi connectivity index (χ1n) is 8.51. The molecule has 0 aromatic heterocycles. The zero-order valence-electron chi connectivity index (χ0n) is 16.0. The van der Waals surface area contributed by atoms with Crippen LogP contribution in [-0.2, 0) is 11.2 Å². The molecule has 1 rings (SSSR count). The number of rotatable bonds is 8. The van der Waals surface area contributed by atoms with Crippen molar-refractivity contribution in [1.29, 1.82) is 0 Å². The number of halogens is 1. The monoisotopic (exact) mass is 475 g/mol. The van der Waals surface area contributed by atoms with E-state index in [4.69, 9.17) is 0 Å². The van der Waals surface area contributed by atoms with E-state index < -0.39 is 0 Å². The van der Waals surface area contributed by atoms with Crippen molar-refractivity contribution in [3.63, 3.8) is 0 Å². The zero-order valence-corrected chi connectivity index (χ0v) is 18.3. The first-order valence-corrected chi connectivity index (χ1v) is 8.51. The molecule has 0 saturated carbocycles. The van der Waals surface area contributed by atoms with Crippen molar-refractivity contribution < 1.29 is 9.59 Å². The molecule has 7 nitrogen and oxygen atoms in total. The SMILES string of the molecule is CCCNC(=NCC(=O)N(C)C)NCCc1cccc(C(=O)NC)c1.I. The van der Waals surface area contributed by atoms with Gasteiger partial charge in [0, 0.05) is 39.8 Å². The van der Waals surface area contributed by atoms with E-state index in [9.17, 15) is 9.59 Å². The third-order valence-electron chi connectivity index (χ3n) is 3.54. The number of guanidine groups is 1. The van der Waals surface area contributed by atoms with Crippen molar-refractivity contribution >= 4 is 41.8 Å². The van der Waals surface area contributed by atoms with Gasteiger partial charge in [-0.2, -0.15) is 0 Å². The Morgan fingerprint density at radius 2 is 1.85 bits per heavy atom. The molecule has 1 aromatic carbocycles. The normalized spacial score (nSPS) is 10.5. The predicted octanol–water partition coefficient (Wildman–Crippen LogP) is 1.24. The van der Waals surface area contributed by atoms with Crippen molar-refractivity contribution in [3.05, 3.63) is 35.4 Å². The van der Waals surface area contributed by atoms with Crippen LogP contribution in [0.2, 0.25) is 0 Å². The summed E-state index contributed by atoms with van der Waals surface area (Å²) in [6.07, 6.45) is 1.72. The Bertz CT molecular complexity index is 605. The second-order valence-corrected chi connectivity index (χ2v) is 5.84. The van der Waals surface area contributed by atoms with Crippen LogP contribution in [0.3, 0.4) is 0 Å². The Labute approximate surface area is 173 Å². The molecule has 2 amide bonds. The molecule has 0 radical (unpaired) electrons. The summed E-state index contributed by atoms with van der Waals surface area (Å²) in [5, 5.41) is 9.04. The second kappa shape index (κ2) is 13.4. The average Bonchev–Trinajstić information content (AvgIpc) is 2.62. The van der Waals surface area contributed by atoms with Crippen molar-refractivity contribution in [3.8, 4) is 0 Å². The van der Waals surface area contributed by atoms with Crippen LogP contribution in [0.25, 0.3) is 0 Å². The van der Waals surface area contributed by atoms with Crippen molar-refractivity contribution in [1.82, 2.24) is 20.9 Å². The number of carbonyl (C=O) groups is 2. The maximum atomic E-state index is 11.7. The largest absolute Gasteiger partial charge is 0.356 e. The third-order valence-corrected chi connectivity index (χ3v) is 3.54. The Morgan fingerprint density at radius 3 is 2.46 bits per heavy atom. The van der Waals surface area contributed by atoms with Gasteiger partial charge in [-0.3, -0.25) is 9.59 Å². The summed E-state index contributed by atoms with van der Waals surface area (Å²) < 4.78 is 0. The van der Waals surface area contributed by atoms with Gasteiger partial charge in [0.25, 0.3) is 5.91 Å². The maximum Gasteiger partial charge on any atom is 0.251 e. The van der Waals surface area contributed by atoms with E-state index in [2.05, 4.69) is 27.9 Å². The number of carbonyl (C=O) groups excluding carboxylic acids is 2. The highest BCUT2D eigenvalue weighted by Crippen LogP contribution is 2.05. The van der Waals surface area contributed by atoms with Gasteiger partial charge in [0.15, 0.2) is 5.96 Å². The molecule has 146 valence electrons. The predicted molar refractivity (Wildman–Crippen MR) is 116 cm³/mol. The van der Waals surface area contributed by atoms with Gasteiger partial charge >= 0.3 is 0 Å². The molecule has 0 bridgehead atoms. The number of hydrogen-bond acceptors (Lipinski definition) is 3. The number of nitrogens with one attached hydrogen (secondary N) is 3. The number of benzene rings is 1. The molecule has 0 atom stereocenters. The molecule has 0 aliphatic carbocycles. The van der Waals surface area contributed by atoms with Gasteiger partial charge in [-0.05, 0) is 30.5 Å². The molecular formula is C18H30IN5O2. The van der Waals surface area contributed by atoms with Crippen LogP contribution in [0, 0.1) is 0 Å². The van der Waals surface area contributed by atoms with Gasteiger partial charge in [-0.1, -0.05) is 19.1 Å². The molecule has 0 aliphatic heterocycles. The number of nitrogens with zero attached hydrogens (tertiary/aromatic N) is 2. The fraction of sp³-hybridized carbons (Fsp3) is 0.500. The first-order chi connectivity index (χ1) is 12.0. The van der Waals surface area contributed by atoms with Gasteiger partial charge < -0.3 is 20.9 Å². The number of amides is 2. The molecule has 0 unspecified atom stereocenters. The van der Waals surface area contributed by atoms with Crippen molar-refractivity contribution in [2.24, 2.45) is 4.99 Å². The first kappa shape index (κ1) is 24.2. The standard InChI is InChI=1S/C18H29N5O2.HI/c1-5-10-20-18(22-13-16(24)23(3)4)21-11-9-14-7-6-8-15(12-14)17(25)19-2;/h6-8,12H,5,9-11,13H2,1-4H3,(H,19,25)(H2,20,21,22);1H. The van der Waals surface area contributed by atoms with E-state index in [-0.39, 0.29) is 42.3 Å². The lowest BCUT2D eigenvalue weighted by atomic mass is 10.1. The molecule has 3 N–H and O–H groups in total.